The molecule has 2 nitrogen and oxygen atoms in total. The SMILES string of the molecule is C/N=C1\CCOC2(CCCC2)C1. The second-order valence-electron chi connectivity index (χ2n) is 3.96. The van der Waals surface area contributed by atoms with E-state index in [1.165, 1.54) is 31.4 Å². The lowest BCUT2D eigenvalue weighted by atomic mass is 9.91. The van der Waals surface area contributed by atoms with Crippen molar-refractivity contribution in [2.24, 2.45) is 4.99 Å². The van der Waals surface area contributed by atoms with Crippen molar-refractivity contribution in [1.82, 2.24) is 0 Å². The van der Waals surface area contributed by atoms with E-state index >= 15 is 0 Å². The van der Waals surface area contributed by atoms with Gasteiger partial charge in [0, 0.05) is 25.6 Å². The van der Waals surface area contributed by atoms with Crippen molar-refractivity contribution < 1.29 is 4.74 Å². The van der Waals surface area contributed by atoms with Gasteiger partial charge >= 0.3 is 0 Å². The summed E-state index contributed by atoms with van der Waals surface area (Å²) in [6, 6.07) is 0. The van der Waals surface area contributed by atoms with Crippen LogP contribution in [0, 0.1) is 0 Å². The van der Waals surface area contributed by atoms with Gasteiger partial charge in [-0.1, -0.05) is 12.8 Å². The molecule has 0 amide bonds. The maximum atomic E-state index is 5.88. The van der Waals surface area contributed by atoms with Crippen LogP contribution in [-0.2, 0) is 4.74 Å². The molecule has 0 aromatic heterocycles. The normalized spacial score (nSPS) is 31.6. The summed E-state index contributed by atoms with van der Waals surface area (Å²) in [6.07, 6.45) is 7.35. The zero-order valence-corrected chi connectivity index (χ0v) is 7.81. The first kappa shape index (κ1) is 8.24. The van der Waals surface area contributed by atoms with Crippen LogP contribution in [-0.4, -0.2) is 25.0 Å². The van der Waals surface area contributed by atoms with Crippen molar-refractivity contribution in [3.63, 3.8) is 0 Å². The highest BCUT2D eigenvalue weighted by Gasteiger charge is 2.38. The highest BCUT2D eigenvalue weighted by Crippen LogP contribution is 2.38. The third kappa shape index (κ3) is 1.40. The van der Waals surface area contributed by atoms with Crippen LogP contribution in [0.25, 0.3) is 0 Å². The van der Waals surface area contributed by atoms with Gasteiger partial charge in [-0.25, -0.2) is 0 Å². The Labute approximate surface area is 74.0 Å². The van der Waals surface area contributed by atoms with Gasteiger partial charge in [0.05, 0.1) is 12.2 Å². The zero-order valence-electron chi connectivity index (χ0n) is 7.81. The first-order valence-electron chi connectivity index (χ1n) is 4.93. The van der Waals surface area contributed by atoms with E-state index in [-0.39, 0.29) is 5.60 Å². The van der Waals surface area contributed by atoms with Crippen LogP contribution in [0.15, 0.2) is 4.99 Å². The van der Waals surface area contributed by atoms with Gasteiger partial charge in [-0.15, -0.1) is 0 Å². The first-order chi connectivity index (χ1) is 5.85. The second kappa shape index (κ2) is 3.17. The third-order valence-electron chi connectivity index (χ3n) is 3.16. The molecule has 2 fully saturated rings. The number of ether oxygens (including phenoxy) is 1. The minimum atomic E-state index is 0.215. The Morgan fingerprint density at radius 2 is 2.08 bits per heavy atom. The first-order valence-corrected chi connectivity index (χ1v) is 4.93. The smallest absolute Gasteiger partial charge is 0.0734 e. The van der Waals surface area contributed by atoms with Gasteiger partial charge in [0.1, 0.15) is 0 Å². The number of hydrogen-bond acceptors (Lipinski definition) is 2. The lowest BCUT2D eigenvalue weighted by molar-refractivity contribution is -0.0431. The molecule has 1 heterocycles. The van der Waals surface area contributed by atoms with E-state index in [4.69, 9.17) is 4.74 Å². The molecule has 0 N–H and O–H groups in total. The highest BCUT2D eigenvalue weighted by atomic mass is 16.5. The molecule has 1 spiro atoms. The molecule has 1 saturated heterocycles. The molecular formula is C10H17NO. The lowest BCUT2D eigenvalue weighted by Crippen LogP contribution is -2.37. The molecule has 2 heteroatoms. The monoisotopic (exact) mass is 167 g/mol. The summed E-state index contributed by atoms with van der Waals surface area (Å²) in [5.41, 5.74) is 1.58. The van der Waals surface area contributed by atoms with E-state index in [1.54, 1.807) is 0 Å². The Balaban J connectivity index is 2.06. The minimum absolute atomic E-state index is 0.215. The number of aliphatic imine (C=N–C) groups is 1. The fraction of sp³-hybridized carbons (Fsp3) is 0.900. The molecule has 0 unspecified atom stereocenters. The minimum Gasteiger partial charge on any atom is -0.374 e. The fourth-order valence-corrected chi connectivity index (χ4v) is 2.43. The average Bonchev–Trinajstić information content (AvgIpc) is 2.53. The maximum Gasteiger partial charge on any atom is 0.0734 e. The van der Waals surface area contributed by atoms with Crippen LogP contribution in [0.5, 0.6) is 0 Å². The maximum absolute atomic E-state index is 5.88. The van der Waals surface area contributed by atoms with Crippen molar-refractivity contribution >= 4 is 5.71 Å². The van der Waals surface area contributed by atoms with E-state index in [0.717, 1.165) is 19.4 Å². The third-order valence-corrected chi connectivity index (χ3v) is 3.16. The van der Waals surface area contributed by atoms with Crippen molar-refractivity contribution in [3.8, 4) is 0 Å². The molecule has 1 aliphatic carbocycles. The van der Waals surface area contributed by atoms with Gasteiger partial charge in [-0.3, -0.25) is 4.99 Å². The Hall–Kier alpha value is -0.370. The van der Waals surface area contributed by atoms with Crippen LogP contribution in [0.2, 0.25) is 0 Å². The van der Waals surface area contributed by atoms with Crippen LogP contribution >= 0.6 is 0 Å². The fourth-order valence-electron chi connectivity index (χ4n) is 2.43. The lowest BCUT2D eigenvalue weighted by Gasteiger charge is -2.34. The van der Waals surface area contributed by atoms with E-state index in [0.29, 0.717) is 0 Å². The van der Waals surface area contributed by atoms with Crippen LogP contribution < -0.4 is 0 Å². The topological polar surface area (TPSA) is 21.6 Å². The number of hydrogen-bond donors (Lipinski definition) is 0. The summed E-state index contributed by atoms with van der Waals surface area (Å²) in [5, 5.41) is 0. The summed E-state index contributed by atoms with van der Waals surface area (Å²) >= 11 is 0. The van der Waals surface area contributed by atoms with Gasteiger partial charge < -0.3 is 4.74 Å². The Kier molecular flexibility index (Phi) is 2.18. The van der Waals surface area contributed by atoms with Gasteiger partial charge in [-0.2, -0.15) is 0 Å². The molecule has 2 aliphatic rings. The van der Waals surface area contributed by atoms with Crippen molar-refractivity contribution in [1.29, 1.82) is 0 Å². The van der Waals surface area contributed by atoms with Gasteiger partial charge in [-0.05, 0) is 12.8 Å². The van der Waals surface area contributed by atoms with E-state index in [2.05, 4.69) is 4.99 Å². The standard InChI is InChI=1S/C10H17NO/c1-11-9-4-7-12-10(8-9)5-2-3-6-10/h2-8H2,1H3/b11-9+. The molecule has 0 radical (unpaired) electrons. The Morgan fingerprint density at radius 3 is 2.75 bits per heavy atom. The van der Waals surface area contributed by atoms with Crippen LogP contribution in [0.1, 0.15) is 38.5 Å². The number of nitrogens with zero attached hydrogens (tertiary/aromatic N) is 1. The van der Waals surface area contributed by atoms with E-state index in [9.17, 15) is 0 Å². The quantitative estimate of drug-likeness (QED) is 0.542. The Morgan fingerprint density at radius 1 is 1.33 bits per heavy atom. The molecule has 1 aliphatic heterocycles. The van der Waals surface area contributed by atoms with Crippen molar-refractivity contribution in [2.45, 2.75) is 44.1 Å². The van der Waals surface area contributed by atoms with Gasteiger partial charge in [0.25, 0.3) is 0 Å². The average molecular weight is 167 g/mol. The zero-order chi connectivity index (χ0) is 8.44. The molecule has 0 aromatic carbocycles. The molecule has 1 saturated carbocycles. The largest absolute Gasteiger partial charge is 0.374 e. The van der Waals surface area contributed by atoms with Crippen LogP contribution in [0.3, 0.4) is 0 Å². The van der Waals surface area contributed by atoms with E-state index in [1.807, 2.05) is 7.05 Å². The number of rotatable bonds is 0. The van der Waals surface area contributed by atoms with Crippen LogP contribution in [0.4, 0.5) is 0 Å². The van der Waals surface area contributed by atoms with Crippen molar-refractivity contribution in [2.75, 3.05) is 13.7 Å². The molecule has 0 atom stereocenters. The molecular weight excluding hydrogens is 150 g/mol. The predicted octanol–water partition coefficient (Wildman–Crippen LogP) is 2.18. The molecule has 68 valence electrons. The van der Waals surface area contributed by atoms with E-state index < -0.39 is 0 Å². The second-order valence-corrected chi connectivity index (χ2v) is 3.96. The summed E-state index contributed by atoms with van der Waals surface area (Å²) in [6.45, 7) is 0.896. The van der Waals surface area contributed by atoms with Crippen molar-refractivity contribution in [3.05, 3.63) is 0 Å². The Bertz CT molecular complexity index is 192. The summed E-state index contributed by atoms with van der Waals surface area (Å²) in [5.74, 6) is 0. The molecule has 12 heavy (non-hydrogen) atoms. The molecule has 0 bridgehead atoms. The summed E-state index contributed by atoms with van der Waals surface area (Å²) in [7, 11) is 1.91. The van der Waals surface area contributed by atoms with Gasteiger partial charge in [0.15, 0.2) is 0 Å². The van der Waals surface area contributed by atoms with Gasteiger partial charge in [0.2, 0.25) is 0 Å². The molecule has 0 aromatic rings. The highest BCUT2D eigenvalue weighted by molar-refractivity contribution is 5.86. The summed E-state index contributed by atoms with van der Waals surface area (Å²) < 4.78 is 5.88. The summed E-state index contributed by atoms with van der Waals surface area (Å²) in [4.78, 5) is 4.30. The predicted molar refractivity (Wildman–Crippen MR) is 49.7 cm³/mol. The molecule has 2 rings (SSSR count).